The number of hydrogen-bond acceptors (Lipinski definition) is 3. The first-order valence-electron chi connectivity index (χ1n) is 5.49. The van der Waals surface area contributed by atoms with Gasteiger partial charge in [-0.2, -0.15) is 0 Å². The maximum Gasteiger partial charge on any atom is 0.137 e. The first-order valence-corrected chi connectivity index (χ1v) is 5.49. The van der Waals surface area contributed by atoms with E-state index in [-0.39, 0.29) is 5.75 Å². The van der Waals surface area contributed by atoms with E-state index < -0.39 is 0 Å². The Morgan fingerprint density at radius 1 is 1.35 bits per heavy atom. The van der Waals surface area contributed by atoms with Gasteiger partial charge in [-0.05, 0) is 30.7 Å². The predicted molar refractivity (Wildman–Crippen MR) is 67.0 cm³/mol. The van der Waals surface area contributed by atoms with Crippen molar-refractivity contribution in [3.63, 3.8) is 0 Å². The highest BCUT2D eigenvalue weighted by Crippen LogP contribution is 2.25. The molecular weight excluding hydrogens is 214 g/mol. The van der Waals surface area contributed by atoms with Crippen LogP contribution in [0, 0.1) is 6.92 Å². The molecule has 3 rings (SSSR count). The molecule has 0 atom stereocenters. The molecule has 0 bridgehead atoms. The van der Waals surface area contributed by atoms with Gasteiger partial charge in [0.15, 0.2) is 0 Å². The topological polar surface area (TPSA) is 63.5 Å². The number of rotatable bonds is 1. The van der Waals surface area contributed by atoms with E-state index in [2.05, 4.69) is 4.98 Å². The summed E-state index contributed by atoms with van der Waals surface area (Å²) in [4.78, 5) is 4.33. The lowest BCUT2D eigenvalue weighted by atomic mass is 10.1. The summed E-state index contributed by atoms with van der Waals surface area (Å²) in [6.45, 7) is 2.46. The minimum Gasteiger partial charge on any atom is -0.508 e. The Balaban J connectivity index is 2.58. The van der Waals surface area contributed by atoms with Crippen LogP contribution in [0.15, 0.2) is 30.5 Å². The summed E-state index contributed by atoms with van der Waals surface area (Å²) in [7, 11) is 0. The van der Waals surface area contributed by atoms with E-state index in [1.54, 1.807) is 18.3 Å². The van der Waals surface area contributed by atoms with Gasteiger partial charge in [0.2, 0.25) is 0 Å². The summed E-state index contributed by atoms with van der Waals surface area (Å²) in [5.41, 5.74) is 9.59. The highest BCUT2D eigenvalue weighted by Gasteiger charge is 2.08. The lowest BCUT2D eigenvalue weighted by molar-refractivity contribution is 0.476. The maximum absolute atomic E-state index is 9.62. The van der Waals surface area contributed by atoms with Crippen molar-refractivity contribution in [1.82, 2.24) is 9.38 Å². The van der Waals surface area contributed by atoms with Crippen LogP contribution in [-0.2, 0) is 6.54 Å². The molecule has 0 spiro atoms. The zero-order valence-corrected chi connectivity index (χ0v) is 9.51. The Hall–Kier alpha value is -2.07. The number of phenols is 1. The van der Waals surface area contributed by atoms with Gasteiger partial charge in [-0.25, -0.2) is 4.98 Å². The largest absolute Gasteiger partial charge is 0.508 e. The summed E-state index contributed by atoms with van der Waals surface area (Å²) >= 11 is 0. The number of imidazole rings is 1. The quantitative estimate of drug-likeness (QED) is 0.668. The molecular formula is C13H13N3O. The van der Waals surface area contributed by atoms with Crippen molar-refractivity contribution in [2.24, 2.45) is 5.73 Å². The lowest BCUT2D eigenvalue weighted by Gasteiger charge is -2.08. The third-order valence-corrected chi connectivity index (χ3v) is 3.06. The fourth-order valence-corrected chi connectivity index (χ4v) is 2.24. The maximum atomic E-state index is 9.62. The van der Waals surface area contributed by atoms with Gasteiger partial charge >= 0.3 is 0 Å². The number of nitrogens with zero attached hydrogens (tertiary/aromatic N) is 2. The van der Waals surface area contributed by atoms with Gasteiger partial charge in [0.25, 0.3) is 0 Å². The van der Waals surface area contributed by atoms with Crippen LogP contribution in [-0.4, -0.2) is 14.5 Å². The molecule has 4 nitrogen and oxygen atoms in total. The van der Waals surface area contributed by atoms with E-state index in [1.165, 1.54) is 0 Å². The molecule has 3 N–H and O–H groups in total. The summed E-state index contributed by atoms with van der Waals surface area (Å²) in [5, 5.41) is 10.7. The third kappa shape index (κ3) is 1.38. The van der Waals surface area contributed by atoms with Gasteiger partial charge in [0.05, 0.1) is 17.4 Å². The van der Waals surface area contributed by atoms with Crippen LogP contribution in [0.4, 0.5) is 0 Å². The normalized spacial score (nSPS) is 11.4. The second-order valence-electron chi connectivity index (χ2n) is 4.18. The molecule has 1 aromatic carbocycles. The molecule has 0 saturated carbocycles. The molecule has 0 aliphatic rings. The van der Waals surface area contributed by atoms with Crippen LogP contribution in [0.3, 0.4) is 0 Å². The number of phenolic OH excluding ortho intramolecular Hbond substituents is 1. The van der Waals surface area contributed by atoms with Gasteiger partial charge in [0.1, 0.15) is 11.4 Å². The van der Waals surface area contributed by atoms with Gasteiger partial charge in [0, 0.05) is 18.0 Å². The van der Waals surface area contributed by atoms with E-state index in [9.17, 15) is 5.11 Å². The molecule has 17 heavy (non-hydrogen) atoms. The van der Waals surface area contributed by atoms with Crippen LogP contribution < -0.4 is 5.73 Å². The number of aryl methyl sites for hydroxylation is 1. The summed E-state index contributed by atoms with van der Waals surface area (Å²) in [5.74, 6) is 0.251. The molecule has 3 aromatic rings. The Morgan fingerprint density at radius 2 is 2.18 bits per heavy atom. The molecule has 0 aliphatic carbocycles. The van der Waals surface area contributed by atoms with E-state index in [4.69, 9.17) is 5.73 Å². The molecule has 4 heteroatoms. The van der Waals surface area contributed by atoms with E-state index in [0.29, 0.717) is 6.54 Å². The fourth-order valence-electron chi connectivity index (χ4n) is 2.24. The van der Waals surface area contributed by atoms with Gasteiger partial charge in [-0.1, -0.05) is 0 Å². The molecule has 0 amide bonds. The molecule has 0 unspecified atom stereocenters. The number of hydrogen-bond donors (Lipinski definition) is 2. The van der Waals surface area contributed by atoms with Crippen LogP contribution >= 0.6 is 0 Å². The second-order valence-corrected chi connectivity index (χ2v) is 4.18. The zero-order valence-electron chi connectivity index (χ0n) is 9.51. The van der Waals surface area contributed by atoms with E-state index in [0.717, 1.165) is 27.8 Å². The first-order chi connectivity index (χ1) is 8.20. The Kier molecular flexibility index (Phi) is 2.06. The predicted octanol–water partition coefficient (Wildman–Crippen LogP) is 1.96. The Morgan fingerprint density at radius 3 is 2.94 bits per heavy atom. The number of benzene rings is 1. The smallest absolute Gasteiger partial charge is 0.137 e. The highest BCUT2D eigenvalue weighted by molar-refractivity contribution is 5.86. The first kappa shape index (κ1) is 10.1. The molecule has 0 saturated heterocycles. The van der Waals surface area contributed by atoms with Crippen molar-refractivity contribution in [2.75, 3.05) is 0 Å². The molecule has 2 aromatic heterocycles. The lowest BCUT2D eigenvalue weighted by Crippen LogP contribution is -2.02. The standard InChI is InChI=1S/C13H13N3O/c1-8-4-13-15-7-9(6-14)16(13)12-5-10(17)2-3-11(8)12/h2-5,7,17H,6,14H2,1H3. The average Bonchev–Trinajstić information content (AvgIpc) is 2.71. The molecule has 86 valence electrons. The number of pyridine rings is 1. The number of nitrogens with two attached hydrogens (primary N) is 1. The number of aromatic hydroxyl groups is 1. The molecule has 2 heterocycles. The third-order valence-electron chi connectivity index (χ3n) is 3.06. The van der Waals surface area contributed by atoms with Gasteiger partial charge in [-0.3, -0.25) is 4.40 Å². The molecule has 0 aliphatic heterocycles. The Labute approximate surface area is 98.3 Å². The van der Waals surface area contributed by atoms with Gasteiger partial charge in [-0.15, -0.1) is 0 Å². The van der Waals surface area contributed by atoms with E-state index >= 15 is 0 Å². The van der Waals surface area contributed by atoms with Crippen molar-refractivity contribution in [1.29, 1.82) is 0 Å². The SMILES string of the molecule is Cc1cc2ncc(CN)n2c2cc(O)ccc12. The summed E-state index contributed by atoms with van der Waals surface area (Å²) < 4.78 is 1.99. The molecule has 0 radical (unpaired) electrons. The monoisotopic (exact) mass is 227 g/mol. The molecule has 0 fully saturated rings. The van der Waals surface area contributed by atoms with Crippen molar-refractivity contribution >= 4 is 16.6 Å². The Bertz CT molecular complexity index is 715. The van der Waals surface area contributed by atoms with Crippen molar-refractivity contribution in [2.45, 2.75) is 13.5 Å². The summed E-state index contributed by atoms with van der Waals surface area (Å²) in [6, 6.07) is 7.38. The van der Waals surface area contributed by atoms with Gasteiger partial charge < -0.3 is 10.8 Å². The van der Waals surface area contributed by atoms with Crippen molar-refractivity contribution in [3.05, 3.63) is 41.7 Å². The highest BCUT2D eigenvalue weighted by atomic mass is 16.3. The van der Waals surface area contributed by atoms with Crippen molar-refractivity contribution < 1.29 is 5.11 Å². The van der Waals surface area contributed by atoms with Crippen molar-refractivity contribution in [3.8, 4) is 5.75 Å². The number of fused-ring (bicyclic) bond motifs is 3. The van der Waals surface area contributed by atoms with E-state index in [1.807, 2.05) is 23.5 Å². The second kappa shape index (κ2) is 3.46. The van der Waals surface area contributed by atoms with Crippen LogP contribution in [0.5, 0.6) is 5.75 Å². The fraction of sp³-hybridized carbons (Fsp3) is 0.154. The zero-order chi connectivity index (χ0) is 12.0. The van der Waals surface area contributed by atoms with Crippen LogP contribution in [0.1, 0.15) is 11.3 Å². The minimum atomic E-state index is 0.251. The van der Waals surface area contributed by atoms with Crippen LogP contribution in [0.2, 0.25) is 0 Å². The average molecular weight is 227 g/mol. The minimum absolute atomic E-state index is 0.251. The number of aromatic nitrogens is 2. The van der Waals surface area contributed by atoms with Crippen LogP contribution in [0.25, 0.3) is 16.6 Å². The summed E-state index contributed by atoms with van der Waals surface area (Å²) in [6.07, 6.45) is 1.78.